The molecule has 4 rings (SSSR count). The Hall–Kier alpha value is -0.530. The van der Waals surface area contributed by atoms with Crippen LogP contribution in [-0.4, -0.2) is 11.9 Å². The maximum absolute atomic E-state index is 12.2. The minimum Gasteiger partial charge on any atom is -0.353 e. The lowest BCUT2D eigenvalue weighted by Crippen LogP contribution is -2.65. The average molecular weight is 346 g/mol. The Balaban J connectivity index is 1.73. The number of rotatable bonds is 3. The summed E-state index contributed by atoms with van der Waals surface area (Å²) >= 11 is 0. The van der Waals surface area contributed by atoms with Crippen molar-refractivity contribution >= 4 is 5.91 Å². The molecule has 0 spiro atoms. The highest BCUT2D eigenvalue weighted by atomic mass is 16.1. The van der Waals surface area contributed by atoms with Crippen molar-refractivity contribution in [2.75, 3.05) is 0 Å². The van der Waals surface area contributed by atoms with Gasteiger partial charge in [0.15, 0.2) is 0 Å². The predicted octanol–water partition coefficient (Wildman–Crippen LogP) is 5.70. The SMILES string of the molecule is CCCCC1(C)CC2NC(=O)CC[C@]2(C)[C@@H]2CC[C@]3(C)CCC[C@H]3[C@@H]21. The summed E-state index contributed by atoms with van der Waals surface area (Å²) in [4.78, 5) is 12.2. The van der Waals surface area contributed by atoms with E-state index in [0.717, 1.165) is 30.6 Å². The van der Waals surface area contributed by atoms with E-state index in [-0.39, 0.29) is 0 Å². The summed E-state index contributed by atoms with van der Waals surface area (Å²) in [6.07, 6.45) is 14.3. The molecule has 2 unspecified atom stereocenters. The lowest BCUT2D eigenvalue weighted by molar-refractivity contribution is -0.162. The first-order valence-electron chi connectivity index (χ1n) is 11.1. The Labute approximate surface area is 154 Å². The normalized spacial score (nSPS) is 52.1. The molecule has 2 heteroatoms. The van der Waals surface area contributed by atoms with Crippen molar-refractivity contribution in [1.82, 2.24) is 5.32 Å². The van der Waals surface area contributed by atoms with Gasteiger partial charge < -0.3 is 5.32 Å². The van der Waals surface area contributed by atoms with Crippen molar-refractivity contribution in [2.45, 2.75) is 104 Å². The molecule has 1 heterocycles. The fraction of sp³-hybridized carbons (Fsp3) is 0.957. The molecule has 7 atom stereocenters. The van der Waals surface area contributed by atoms with Crippen LogP contribution in [-0.2, 0) is 4.79 Å². The summed E-state index contributed by atoms with van der Waals surface area (Å²) in [5.74, 6) is 2.95. The first-order valence-corrected chi connectivity index (χ1v) is 11.1. The van der Waals surface area contributed by atoms with Crippen LogP contribution in [0.4, 0.5) is 0 Å². The Morgan fingerprint density at radius 3 is 2.64 bits per heavy atom. The molecule has 3 saturated carbocycles. The van der Waals surface area contributed by atoms with Gasteiger partial charge in [-0.05, 0) is 78.9 Å². The minimum atomic E-state index is 0.306. The average Bonchev–Trinajstić information content (AvgIpc) is 2.96. The lowest BCUT2D eigenvalue weighted by Gasteiger charge is -2.65. The van der Waals surface area contributed by atoms with E-state index >= 15 is 0 Å². The Morgan fingerprint density at radius 1 is 1.08 bits per heavy atom. The van der Waals surface area contributed by atoms with Gasteiger partial charge in [-0.15, -0.1) is 0 Å². The molecule has 2 nitrogen and oxygen atoms in total. The van der Waals surface area contributed by atoms with Crippen LogP contribution in [0.1, 0.15) is 98.3 Å². The van der Waals surface area contributed by atoms with Crippen molar-refractivity contribution in [2.24, 2.45) is 34.0 Å². The Morgan fingerprint density at radius 2 is 1.88 bits per heavy atom. The van der Waals surface area contributed by atoms with E-state index in [4.69, 9.17) is 0 Å². The van der Waals surface area contributed by atoms with Crippen molar-refractivity contribution in [3.63, 3.8) is 0 Å². The molecule has 1 N–H and O–H groups in total. The third kappa shape index (κ3) is 2.60. The molecule has 142 valence electrons. The van der Waals surface area contributed by atoms with E-state index in [0.29, 0.717) is 28.2 Å². The molecule has 4 fully saturated rings. The van der Waals surface area contributed by atoms with Crippen molar-refractivity contribution in [1.29, 1.82) is 0 Å². The first kappa shape index (κ1) is 17.9. The van der Waals surface area contributed by atoms with Crippen LogP contribution >= 0.6 is 0 Å². The zero-order valence-corrected chi connectivity index (χ0v) is 17.0. The van der Waals surface area contributed by atoms with Crippen molar-refractivity contribution < 1.29 is 4.79 Å². The van der Waals surface area contributed by atoms with Crippen LogP contribution in [0, 0.1) is 34.0 Å². The number of carbonyl (C=O) groups is 1. The van der Waals surface area contributed by atoms with E-state index < -0.39 is 0 Å². The molecule has 4 aliphatic rings. The number of hydrogen-bond donors (Lipinski definition) is 1. The van der Waals surface area contributed by atoms with E-state index in [1.807, 2.05) is 0 Å². The second kappa shape index (κ2) is 5.99. The summed E-state index contributed by atoms with van der Waals surface area (Å²) in [7, 11) is 0. The molecular weight excluding hydrogens is 306 g/mol. The van der Waals surface area contributed by atoms with Gasteiger partial charge in [-0.3, -0.25) is 4.79 Å². The van der Waals surface area contributed by atoms with Gasteiger partial charge in [0, 0.05) is 12.5 Å². The number of carbonyl (C=O) groups excluding carboxylic acids is 1. The third-order valence-corrected chi connectivity index (χ3v) is 9.50. The van der Waals surface area contributed by atoms with E-state index in [9.17, 15) is 4.79 Å². The van der Waals surface area contributed by atoms with Gasteiger partial charge in [0.25, 0.3) is 0 Å². The second-order valence-corrected chi connectivity index (χ2v) is 10.9. The summed E-state index contributed by atoms with van der Waals surface area (Å²) in [6, 6.07) is 0.419. The zero-order valence-electron chi connectivity index (χ0n) is 17.0. The summed E-state index contributed by atoms with van der Waals surface area (Å²) < 4.78 is 0. The number of amides is 1. The fourth-order valence-electron chi connectivity index (χ4n) is 8.01. The van der Waals surface area contributed by atoms with E-state index in [1.165, 1.54) is 57.8 Å². The molecule has 3 aliphatic carbocycles. The first-order chi connectivity index (χ1) is 11.8. The summed E-state index contributed by atoms with van der Waals surface area (Å²) in [5.41, 5.74) is 1.37. The molecule has 0 aromatic carbocycles. The minimum absolute atomic E-state index is 0.306. The van der Waals surface area contributed by atoms with Gasteiger partial charge in [-0.25, -0.2) is 0 Å². The molecular formula is C23H39NO. The zero-order chi connectivity index (χ0) is 17.9. The molecule has 0 aromatic heterocycles. The maximum atomic E-state index is 12.2. The third-order valence-electron chi connectivity index (χ3n) is 9.50. The highest BCUT2D eigenvalue weighted by molar-refractivity contribution is 5.77. The summed E-state index contributed by atoms with van der Waals surface area (Å²) in [6.45, 7) is 10.1. The van der Waals surface area contributed by atoms with Gasteiger partial charge in [-0.2, -0.15) is 0 Å². The van der Waals surface area contributed by atoms with Crippen LogP contribution in [0.15, 0.2) is 0 Å². The van der Waals surface area contributed by atoms with Gasteiger partial charge >= 0.3 is 0 Å². The predicted molar refractivity (Wildman–Crippen MR) is 103 cm³/mol. The Kier molecular flexibility index (Phi) is 4.28. The number of unbranched alkanes of at least 4 members (excludes halogenated alkanes) is 1. The van der Waals surface area contributed by atoms with Gasteiger partial charge in [-0.1, -0.05) is 47.0 Å². The molecule has 1 aliphatic heterocycles. The largest absolute Gasteiger partial charge is 0.353 e. The van der Waals surface area contributed by atoms with E-state index in [2.05, 4.69) is 33.0 Å². The number of piperidine rings is 1. The van der Waals surface area contributed by atoms with Crippen molar-refractivity contribution in [3.8, 4) is 0 Å². The smallest absolute Gasteiger partial charge is 0.220 e. The van der Waals surface area contributed by atoms with Gasteiger partial charge in [0.1, 0.15) is 0 Å². The lowest BCUT2D eigenvalue weighted by atomic mass is 9.41. The van der Waals surface area contributed by atoms with Crippen LogP contribution in [0.3, 0.4) is 0 Å². The molecule has 25 heavy (non-hydrogen) atoms. The monoisotopic (exact) mass is 345 g/mol. The number of fused-ring (bicyclic) bond motifs is 5. The van der Waals surface area contributed by atoms with Crippen LogP contribution in [0.2, 0.25) is 0 Å². The standard InChI is InChI=1S/C23H39NO/c1-5-6-11-22(3)15-18-23(4,14-10-19(25)24-18)17-9-13-21(2)12-7-8-16(21)20(17)22/h16-18,20H,5-15H2,1-4H3,(H,24,25)/t16-,17+,18?,20-,21-,22?,23+/m0/s1. The highest BCUT2D eigenvalue weighted by Gasteiger charge is 2.63. The summed E-state index contributed by atoms with van der Waals surface area (Å²) in [5, 5.41) is 3.45. The van der Waals surface area contributed by atoms with Crippen LogP contribution < -0.4 is 5.32 Å². The van der Waals surface area contributed by atoms with Gasteiger partial charge in [0.2, 0.25) is 5.91 Å². The molecule has 0 aromatic rings. The molecule has 1 amide bonds. The molecule has 0 bridgehead atoms. The van der Waals surface area contributed by atoms with Crippen LogP contribution in [0.5, 0.6) is 0 Å². The molecule has 0 radical (unpaired) electrons. The van der Waals surface area contributed by atoms with Crippen LogP contribution in [0.25, 0.3) is 0 Å². The van der Waals surface area contributed by atoms with E-state index in [1.54, 1.807) is 0 Å². The van der Waals surface area contributed by atoms with Gasteiger partial charge in [0.05, 0.1) is 0 Å². The molecule has 1 saturated heterocycles. The fourth-order valence-corrected chi connectivity index (χ4v) is 8.01. The second-order valence-electron chi connectivity index (χ2n) is 10.9. The maximum Gasteiger partial charge on any atom is 0.220 e. The topological polar surface area (TPSA) is 29.1 Å². The number of nitrogens with one attached hydrogen (secondary N) is 1. The Bertz CT molecular complexity index is 544. The van der Waals surface area contributed by atoms with Crippen molar-refractivity contribution in [3.05, 3.63) is 0 Å². The number of hydrogen-bond acceptors (Lipinski definition) is 1. The quantitative estimate of drug-likeness (QED) is 0.698. The highest BCUT2D eigenvalue weighted by Crippen LogP contribution is 2.69.